The van der Waals surface area contributed by atoms with E-state index < -0.39 is 0 Å². The van der Waals surface area contributed by atoms with Gasteiger partial charge in [0.15, 0.2) is 0 Å². The highest BCUT2D eigenvalue weighted by Crippen LogP contribution is 1.96. The summed E-state index contributed by atoms with van der Waals surface area (Å²) in [4.78, 5) is 6.41. The van der Waals surface area contributed by atoms with E-state index in [2.05, 4.69) is 27.0 Å². The average Bonchev–Trinajstić information content (AvgIpc) is 2.65. The monoisotopic (exact) mass is 229 g/mol. The minimum Gasteiger partial charge on any atom is -0.315 e. The van der Waals surface area contributed by atoms with Crippen molar-refractivity contribution in [1.29, 1.82) is 0 Å². The Morgan fingerprint density at radius 2 is 2.06 bits per heavy atom. The molecule has 0 aromatic carbocycles. The van der Waals surface area contributed by atoms with Gasteiger partial charge in [-0.15, -0.1) is 0 Å². The minimum absolute atomic E-state index is 0.828. The van der Waals surface area contributed by atoms with E-state index in [0.717, 1.165) is 39.1 Å². The highest BCUT2D eigenvalue weighted by Gasteiger charge is 2.05. The first-order chi connectivity index (χ1) is 8.45. The molecule has 0 bridgehead atoms. The Morgan fingerprint density at radius 1 is 1.18 bits per heavy atom. The van der Waals surface area contributed by atoms with Crippen molar-refractivity contribution in [2.24, 2.45) is 0 Å². The van der Waals surface area contributed by atoms with E-state index in [0.29, 0.717) is 0 Å². The third-order valence-electron chi connectivity index (χ3n) is 2.90. The van der Waals surface area contributed by atoms with Gasteiger partial charge in [-0.3, -0.25) is 9.88 Å². The van der Waals surface area contributed by atoms with Crippen LogP contribution in [0.1, 0.15) is 12.0 Å². The van der Waals surface area contributed by atoms with E-state index in [9.17, 15) is 0 Å². The molecule has 90 valence electrons. The van der Waals surface area contributed by atoms with Crippen molar-refractivity contribution in [2.75, 3.05) is 32.7 Å². The van der Waals surface area contributed by atoms with Crippen LogP contribution in [0.4, 0.5) is 0 Å². The summed E-state index contributed by atoms with van der Waals surface area (Å²) in [6.45, 7) is 5.40. The molecule has 3 nitrogen and oxygen atoms in total. The molecule has 1 N–H and O–H groups in total. The van der Waals surface area contributed by atoms with Crippen LogP contribution in [-0.2, 0) is 6.42 Å². The van der Waals surface area contributed by atoms with Crippen LogP contribution in [0.25, 0.3) is 0 Å². The molecule has 0 aliphatic carbocycles. The van der Waals surface area contributed by atoms with Gasteiger partial charge >= 0.3 is 0 Å². The van der Waals surface area contributed by atoms with Crippen LogP contribution < -0.4 is 5.32 Å². The predicted octanol–water partition coefficient (Wildman–Crippen LogP) is 0.923. The topological polar surface area (TPSA) is 28.2 Å². The molecule has 1 aromatic heterocycles. The van der Waals surface area contributed by atoms with Gasteiger partial charge in [-0.2, -0.15) is 0 Å². The summed E-state index contributed by atoms with van der Waals surface area (Å²) in [5, 5.41) is 3.40. The molecule has 0 spiro atoms. The van der Waals surface area contributed by atoms with E-state index in [1.807, 2.05) is 24.5 Å². The Labute approximate surface area is 103 Å². The first-order valence-corrected chi connectivity index (χ1v) is 6.23. The number of rotatable bonds is 2. The lowest BCUT2D eigenvalue weighted by molar-refractivity contribution is 0.329. The molecule has 0 radical (unpaired) electrons. The maximum absolute atomic E-state index is 3.99. The highest BCUT2D eigenvalue weighted by molar-refractivity contribution is 5.18. The number of hydrogen-bond donors (Lipinski definition) is 1. The molecule has 2 rings (SSSR count). The predicted molar refractivity (Wildman–Crippen MR) is 69.6 cm³/mol. The lowest BCUT2D eigenvalue weighted by atomic mass is 10.2. The number of hydrogen-bond acceptors (Lipinski definition) is 3. The Balaban J connectivity index is 1.74. The second kappa shape index (κ2) is 7.05. The number of nitrogens with zero attached hydrogens (tertiary/aromatic N) is 2. The summed E-state index contributed by atoms with van der Waals surface area (Å²) in [6.07, 6.45) is 5.69. The fraction of sp³-hybridized carbons (Fsp3) is 0.500. The van der Waals surface area contributed by atoms with Gasteiger partial charge in [0.25, 0.3) is 0 Å². The van der Waals surface area contributed by atoms with Crippen molar-refractivity contribution in [3.05, 3.63) is 30.1 Å². The fourth-order valence-corrected chi connectivity index (χ4v) is 1.89. The lowest BCUT2D eigenvalue weighted by Crippen LogP contribution is -2.28. The molecular weight excluding hydrogens is 210 g/mol. The SMILES string of the molecule is C(#CCN1CCCNCC1)Cc1ccncc1. The van der Waals surface area contributed by atoms with Crippen LogP contribution >= 0.6 is 0 Å². The van der Waals surface area contributed by atoms with Crippen molar-refractivity contribution >= 4 is 0 Å². The zero-order valence-electron chi connectivity index (χ0n) is 10.2. The normalized spacial score (nSPS) is 16.9. The quantitative estimate of drug-likeness (QED) is 0.765. The van der Waals surface area contributed by atoms with Gasteiger partial charge in [0.05, 0.1) is 6.54 Å². The molecule has 17 heavy (non-hydrogen) atoms. The molecule has 2 heterocycles. The van der Waals surface area contributed by atoms with Crippen LogP contribution in [0.15, 0.2) is 24.5 Å². The zero-order valence-corrected chi connectivity index (χ0v) is 10.2. The Bertz CT molecular complexity index is 369. The third kappa shape index (κ3) is 4.56. The molecule has 1 saturated heterocycles. The van der Waals surface area contributed by atoms with Gasteiger partial charge in [-0.25, -0.2) is 0 Å². The molecular formula is C14H19N3. The van der Waals surface area contributed by atoms with Crippen LogP contribution in [0.2, 0.25) is 0 Å². The Kier molecular flexibility index (Phi) is 5.02. The first kappa shape index (κ1) is 12.1. The van der Waals surface area contributed by atoms with Crippen molar-refractivity contribution < 1.29 is 0 Å². The van der Waals surface area contributed by atoms with Crippen molar-refractivity contribution in [2.45, 2.75) is 12.8 Å². The van der Waals surface area contributed by atoms with Gasteiger partial charge < -0.3 is 5.32 Å². The number of pyridine rings is 1. The van der Waals surface area contributed by atoms with Crippen molar-refractivity contribution in [3.8, 4) is 11.8 Å². The Morgan fingerprint density at radius 3 is 2.94 bits per heavy atom. The number of aromatic nitrogens is 1. The van der Waals surface area contributed by atoms with Crippen LogP contribution in [0.5, 0.6) is 0 Å². The Hall–Kier alpha value is -1.37. The van der Waals surface area contributed by atoms with E-state index in [1.165, 1.54) is 12.0 Å². The highest BCUT2D eigenvalue weighted by atomic mass is 15.1. The molecule has 3 heteroatoms. The third-order valence-corrected chi connectivity index (χ3v) is 2.90. The smallest absolute Gasteiger partial charge is 0.0602 e. The molecule has 0 atom stereocenters. The molecule has 1 aliphatic heterocycles. The maximum Gasteiger partial charge on any atom is 0.0602 e. The second-order valence-corrected chi connectivity index (χ2v) is 4.27. The van der Waals surface area contributed by atoms with E-state index in [1.54, 1.807) is 0 Å². The lowest BCUT2D eigenvalue weighted by Gasteiger charge is -2.15. The second-order valence-electron chi connectivity index (χ2n) is 4.27. The van der Waals surface area contributed by atoms with Crippen LogP contribution in [0.3, 0.4) is 0 Å². The van der Waals surface area contributed by atoms with E-state index >= 15 is 0 Å². The standard InChI is InChI=1S/C14H19N3/c1(4-14-5-8-16-9-6-14)2-11-17-12-3-7-15-10-13-17/h5-6,8-9,15H,3-4,7,10-13H2. The average molecular weight is 229 g/mol. The van der Waals surface area contributed by atoms with Gasteiger partial charge in [-0.05, 0) is 30.7 Å². The molecule has 0 saturated carbocycles. The van der Waals surface area contributed by atoms with E-state index in [4.69, 9.17) is 0 Å². The summed E-state index contributed by atoms with van der Waals surface area (Å²) in [7, 11) is 0. The largest absolute Gasteiger partial charge is 0.315 e. The van der Waals surface area contributed by atoms with Gasteiger partial charge in [0, 0.05) is 38.4 Å². The summed E-state index contributed by atoms with van der Waals surface area (Å²) < 4.78 is 0. The zero-order chi connectivity index (χ0) is 11.8. The summed E-state index contributed by atoms with van der Waals surface area (Å²) in [5.74, 6) is 6.49. The minimum atomic E-state index is 0.828. The molecule has 1 aliphatic rings. The molecule has 0 unspecified atom stereocenters. The van der Waals surface area contributed by atoms with E-state index in [-0.39, 0.29) is 0 Å². The van der Waals surface area contributed by atoms with Crippen LogP contribution in [0, 0.1) is 11.8 Å². The van der Waals surface area contributed by atoms with Crippen molar-refractivity contribution in [3.63, 3.8) is 0 Å². The maximum atomic E-state index is 3.99. The summed E-state index contributed by atoms with van der Waals surface area (Å²) in [5.41, 5.74) is 1.24. The van der Waals surface area contributed by atoms with Gasteiger partial charge in [0.2, 0.25) is 0 Å². The summed E-state index contributed by atoms with van der Waals surface area (Å²) in [6, 6.07) is 4.04. The number of nitrogens with one attached hydrogen (secondary N) is 1. The summed E-state index contributed by atoms with van der Waals surface area (Å²) >= 11 is 0. The van der Waals surface area contributed by atoms with Gasteiger partial charge in [-0.1, -0.05) is 11.8 Å². The molecule has 0 amide bonds. The molecule has 1 fully saturated rings. The van der Waals surface area contributed by atoms with Crippen LogP contribution in [-0.4, -0.2) is 42.6 Å². The van der Waals surface area contributed by atoms with Gasteiger partial charge in [0.1, 0.15) is 0 Å². The van der Waals surface area contributed by atoms with Crippen molar-refractivity contribution in [1.82, 2.24) is 15.2 Å². The molecule has 1 aromatic rings. The first-order valence-electron chi connectivity index (χ1n) is 6.23. The fourth-order valence-electron chi connectivity index (χ4n) is 1.89.